The quantitative estimate of drug-likeness (QED) is 0.750. The van der Waals surface area contributed by atoms with E-state index in [0.29, 0.717) is 5.82 Å². The first kappa shape index (κ1) is 12.7. The molecule has 0 saturated heterocycles. The number of aliphatic hydroxyl groups excluding tert-OH is 1. The maximum Gasteiger partial charge on any atom is 0.139 e. The van der Waals surface area contributed by atoms with E-state index in [-0.39, 0.29) is 6.61 Å². The lowest BCUT2D eigenvalue weighted by molar-refractivity contribution is 0.282. The van der Waals surface area contributed by atoms with Crippen LogP contribution in [0.3, 0.4) is 0 Å². The molecule has 4 heteroatoms. The number of aliphatic hydroxyl groups is 1. The number of benzene rings is 1. The summed E-state index contributed by atoms with van der Waals surface area (Å²) in [5.74, 6) is 0.623. The number of fused-ring (bicyclic) bond motifs is 1. The number of rotatable bonds is 2. The molecule has 20 heavy (non-hydrogen) atoms. The van der Waals surface area contributed by atoms with Crippen LogP contribution >= 0.6 is 0 Å². The summed E-state index contributed by atoms with van der Waals surface area (Å²) in [6.45, 7) is 4.11. The van der Waals surface area contributed by atoms with Gasteiger partial charge in [0.2, 0.25) is 0 Å². The number of nitrogen functional groups attached to an aromatic ring is 1. The molecule has 0 aliphatic rings. The van der Waals surface area contributed by atoms with Crippen LogP contribution in [-0.2, 0) is 6.61 Å². The highest BCUT2D eigenvalue weighted by Gasteiger charge is 2.13. The fourth-order valence-electron chi connectivity index (χ4n) is 2.39. The zero-order valence-corrected chi connectivity index (χ0v) is 11.6. The van der Waals surface area contributed by atoms with E-state index >= 15 is 0 Å². The molecule has 0 aliphatic carbocycles. The Hall–Kier alpha value is -2.33. The van der Waals surface area contributed by atoms with Gasteiger partial charge in [-0.3, -0.25) is 4.40 Å². The lowest BCUT2D eigenvalue weighted by Crippen LogP contribution is -1.95. The maximum atomic E-state index is 9.20. The molecular weight excluding hydrogens is 250 g/mol. The van der Waals surface area contributed by atoms with Crippen LogP contribution in [0.1, 0.15) is 16.7 Å². The predicted octanol–water partition coefficient (Wildman–Crippen LogP) is 2.69. The summed E-state index contributed by atoms with van der Waals surface area (Å²) in [6, 6.07) is 9.95. The van der Waals surface area contributed by atoms with Crippen molar-refractivity contribution >= 4 is 11.5 Å². The molecule has 0 spiro atoms. The van der Waals surface area contributed by atoms with Crippen molar-refractivity contribution in [3.8, 4) is 11.3 Å². The Morgan fingerprint density at radius 2 is 2.00 bits per heavy atom. The van der Waals surface area contributed by atoms with Gasteiger partial charge in [-0.05, 0) is 43.2 Å². The first-order valence-corrected chi connectivity index (χ1v) is 6.55. The molecule has 1 aromatic carbocycles. The third-order valence-electron chi connectivity index (χ3n) is 3.56. The second-order valence-electron chi connectivity index (χ2n) is 5.09. The summed E-state index contributed by atoms with van der Waals surface area (Å²) < 4.78 is 1.84. The van der Waals surface area contributed by atoms with Gasteiger partial charge in [-0.2, -0.15) is 0 Å². The lowest BCUT2D eigenvalue weighted by Gasteiger charge is -2.05. The fraction of sp³-hybridized carbons (Fsp3) is 0.188. The molecule has 4 nitrogen and oxygen atoms in total. The van der Waals surface area contributed by atoms with Crippen LogP contribution in [0.15, 0.2) is 36.5 Å². The number of pyridine rings is 1. The highest BCUT2D eigenvalue weighted by Crippen LogP contribution is 2.30. The number of anilines is 1. The summed E-state index contributed by atoms with van der Waals surface area (Å²) >= 11 is 0. The van der Waals surface area contributed by atoms with E-state index < -0.39 is 0 Å². The minimum atomic E-state index is 0.00205. The molecule has 3 N–H and O–H groups in total. The van der Waals surface area contributed by atoms with Crippen LogP contribution in [0.5, 0.6) is 0 Å². The molecule has 3 rings (SSSR count). The topological polar surface area (TPSA) is 63.5 Å². The largest absolute Gasteiger partial charge is 0.392 e. The SMILES string of the molecule is Cc1ccc(C)c(-c2nc3cc(CO)ccn3c2N)c1. The normalized spacial score (nSPS) is 11.2. The summed E-state index contributed by atoms with van der Waals surface area (Å²) in [7, 11) is 0. The smallest absolute Gasteiger partial charge is 0.139 e. The van der Waals surface area contributed by atoms with Crippen LogP contribution in [0.25, 0.3) is 16.9 Å². The van der Waals surface area contributed by atoms with Crippen molar-refractivity contribution in [1.82, 2.24) is 9.38 Å². The Bertz CT molecular complexity index is 790. The molecule has 0 aliphatic heterocycles. The van der Waals surface area contributed by atoms with Gasteiger partial charge in [0.15, 0.2) is 0 Å². The van der Waals surface area contributed by atoms with Gasteiger partial charge in [0.25, 0.3) is 0 Å². The Morgan fingerprint density at radius 1 is 1.20 bits per heavy atom. The lowest BCUT2D eigenvalue weighted by atomic mass is 10.0. The van der Waals surface area contributed by atoms with Gasteiger partial charge in [-0.15, -0.1) is 0 Å². The average molecular weight is 267 g/mol. The highest BCUT2D eigenvalue weighted by atomic mass is 16.3. The molecule has 2 heterocycles. The minimum absolute atomic E-state index is 0.00205. The monoisotopic (exact) mass is 267 g/mol. The van der Waals surface area contributed by atoms with Crippen LogP contribution in [0, 0.1) is 13.8 Å². The molecule has 2 aromatic heterocycles. The van der Waals surface area contributed by atoms with Crippen molar-refractivity contribution in [2.75, 3.05) is 5.73 Å². The van der Waals surface area contributed by atoms with Gasteiger partial charge in [0.05, 0.1) is 6.61 Å². The zero-order valence-electron chi connectivity index (χ0n) is 11.6. The van der Waals surface area contributed by atoms with E-state index in [1.54, 1.807) is 0 Å². The Kier molecular flexibility index (Phi) is 2.95. The van der Waals surface area contributed by atoms with Crippen molar-refractivity contribution in [1.29, 1.82) is 0 Å². The van der Waals surface area contributed by atoms with Gasteiger partial charge in [-0.1, -0.05) is 17.7 Å². The second kappa shape index (κ2) is 4.65. The number of hydrogen-bond donors (Lipinski definition) is 2. The average Bonchev–Trinajstić information content (AvgIpc) is 2.78. The summed E-state index contributed by atoms with van der Waals surface area (Å²) in [4.78, 5) is 4.62. The molecule has 0 amide bonds. The third kappa shape index (κ3) is 1.94. The summed E-state index contributed by atoms with van der Waals surface area (Å²) in [6.07, 6.45) is 1.85. The molecule has 0 fully saturated rings. The fourth-order valence-corrected chi connectivity index (χ4v) is 2.39. The molecule has 3 aromatic rings. The van der Waals surface area contributed by atoms with Crippen molar-refractivity contribution in [3.63, 3.8) is 0 Å². The van der Waals surface area contributed by atoms with Gasteiger partial charge < -0.3 is 10.8 Å². The summed E-state index contributed by atoms with van der Waals surface area (Å²) in [5, 5.41) is 9.20. The van der Waals surface area contributed by atoms with E-state index in [1.165, 1.54) is 5.56 Å². The third-order valence-corrected chi connectivity index (χ3v) is 3.56. The number of hydrogen-bond acceptors (Lipinski definition) is 3. The van der Waals surface area contributed by atoms with Gasteiger partial charge >= 0.3 is 0 Å². The number of imidazole rings is 1. The van der Waals surface area contributed by atoms with Crippen molar-refractivity contribution < 1.29 is 5.11 Å². The second-order valence-corrected chi connectivity index (χ2v) is 5.09. The minimum Gasteiger partial charge on any atom is -0.392 e. The van der Waals surface area contributed by atoms with Crippen LogP contribution in [-0.4, -0.2) is 14.5 Å². The van der Waals surface area contributed by atoms with Crippen molar-refractivity contribution in [3.05, 3.63) is 53.2 Å². The standard InChI is InChI=1S/C16H17N3O/c1-10-3-4-11(2)13(7-10)15-16(17)19-6-5-12(9-20)8-14(19)18-15/h3-8,20H,9,17H2,1-2H3. The Labute approximate surface area is 117 Å². The maximum absolute atomic E-state index is 9.20. The van der Waals surface area contributed by atoms with Crippen molar-refractivity contribution in [2.45, 2.75) is 20.5 Å². The molecule has 0 bridgehead atoms. The van der Waals surface area contributed by atoms with E-state index in [9.17, 15) is 5.11 Å². The van der Waals surface area contributed by atoms with E-state index in [0.717, 1.165) is 28.0 Å². The first-order chi connectivity index (χ1) is 9.60. The van der Waals surface area contributed by atoms with Crippen LogP contribution < -0.4 is 5.73 Å². The van der Waals surface area contributed by atoms with Gasteiger partial charge in [0, 0.05) is 11.8 Å². The van der Waals surface area contributed by atoms with Gasteiger partial charge in [-0.25, -0.2) is 4.98 Å². The molecule has 0 radical (unpaired) electrons. The number of aromatic nitrogens is 2. The van der Waals surface area contributed by atoms with Gasteiger partial charge in [0.1, 0.15) is 17.2 Å². The van der Waals surface area contributed by atoms with Crippen molar-refractivity contribution in [2.24, 2.45) is 0 Å². The highest BCUT2D eigenvalue weighted by molar-refractivity contribution is 5.77. The van der Waals surface area contributed by atoms with E-state index in [1.807, 2.05) is 22.7 Å². The molecule has 102 valence electrons. The molecule has 0 unspecified atom stereocenters. The molecule has 0 saturated carbocycles. The van der Waals surface area contributed by atoms with Crippen LogP contribution in [0.4, 0.5) is 5.82 Å². The zero-order chi connectivity index (χ0) is 14.3. The first-order valence-electron chi connectivity index (χ1n) is 6.55. The predicted molar refractivity (Wildman–Crippen MR) is 80.4 cm³/mol. The number of aryl methyl sites for hydroxylation is 2. The molecular formula is C16H17N3O. The Balaban J connectivity index is 2.26. The number of nitrogens with zero attached hydrogens (tertiary/aromatic N) is 2. The number of nitrogens with two attached hydrogens (primary N) is 1. The molecule has 0 atom stereocenters. The Morgan fingerprint density at radius 3 is 2.75 bits per heavy atom. The van der Waals surface area contributed by atoms with E-state index in [4.69, 9.17) is 5.73 Å². The summed E-state index contributed by atoms with van der Waals surface area (Å²) in [5.41, 5.74) is 12.0. The van der Waals surface area contributed by atoms with E-state index in [2.05, 4.69) is 37.0 Å². The van der Waals surface area contributed by atoms with Crippen LogP contribution in [0.2, 0.25) is 0 Å².